The molecule has 0 N–H and O–H groups in total. The van der Waals surface area contributed by atoms with Gasteiger partial charge in [-0.1, -0.05) is 139 Å². The molecule has 236 valence electrons. The van der Waals surface area contributed by atoms with Gasteiger partial charge < -0.3 is 4.90 Å². The zero-order valence-electron chi connectivity index (χ0n) is 27.5. The molecular formula is C46H37N3. The van der Waals surface area contributed by atoms with E-state index in [0.717, 1.165) is 39.6 Å². The van der Waals surface area contributed by atoms with Crippen molar-refractivity contribution in [3.8, 4) is 0 Å². The maximum Gasteiger partial charge on any atom is 0.0652 e. The average Bonchev–Trinajstić information content (AvgIpc) is 3.17. The molecule has 0 saturated carbocycles. The average molecular weight is 632 g/mol. The normalized spacial score (nSPS) is 10.9. The number of aryl methyl sites for hydroxylation is 1. The summed E-state index contributed by atoms with van der Waals surface area (Å²) in [6.07, 6.45) is 4.19. The number of hydrogen-bond donors (Lipinski definition) is 0. The quantitative estimate of drug-likeness (QED) is 0.0850. The summed E-state index contributed by atoms with van der Waals surface area (Å²) >= 11 is 0. The summed E-state index contributed by atoms with van der Waals surface area (Å²) in [5.74, 6) is 0. The third-order valence-electron chi connectivity index (χ3n) is 8.40. The Kier molecular flexibility index (Phi) is 9.52. The van der Waals surface area contributed by atoms with Crippen molar-refractivity contribution in [2.75, 3.05) is 9.91 Å². The predicted molar refractivity (Wildman–Crippen MR) is 208 cm³/mol. The van der Waals surface area contributed by atoms with Gasteiger partial charge in [0.05, 0.1) is 17.6 Å². The number of hydrazone groups is 1. The summed E-state index contributed by atoms with van der Waals surface area (Å²) in [6.45, 7) is 2.12. The molecule has 7 aromatic carbocycles. The van der Waals surface area contributed by atoms with Gasteiger partial charge in [0.15, 0.2) is 0 Å². The Morgan fingerprint density at radius 3 is 1.24 bits per heavy atom. The largest absolute Gasteiger partial charge is 0.311 e. The Morgan fingerprint density at radius 1 is 0.408 bits per heavy atom. The van der Waals surface area contributed by atoms with Crippen LogP contribution in [0.15, 0.2) is 199 Å². The smallest absolute Gasteiger partial charge is 0.0652 e. The van der Waals surface area contributed by atoms with Crippen LogP contribution in [0.25, 0.3) is 11.6 Å². The summed E-state index contributed by atoms with van der Waals surface area (Å²) in [6, 6.07) is 67.6. The highest BCUT2D eigenvalue weighted by atomic mass is 15.5. The minimum absolute atomic E-state index is 1.00. The van der Waals surface area contributed by atoms with Crippen LogP contribution >= 0.6 is 0 Å². The standard InChI is InChI=1S/C46H37N3/c1-36-22-28-41(29-23-36)48(42-30-24-37(25-31-42)34-46(39-14-6-2-7-15-39)40-16-8-3-9-17-40)43-32-26-38(27-33-43)35-47-49(44-18-10-4-11-19-44)45-20-12-5-13-21-45/h2-35H,1H3/b47-35+. The molecule has 0 aliphatic heterocycles. The molecule has 3 nitrogen and oxygen atoms in total. The summed E-state index contributed by atoms with van der Waals surface area (Å²) in [5, 5.41) is 6.86. The van der Waals surface area contributed by atoms with Gasteiger partial charge in [-0.3, -0.25) is 0 Å². The monoisotopic (exact) mass is 631 g/mol. The van der Waals surface area contributed by atoms with Gasteiger partial charge in [-0.05, 0) is 101 Å². The highest BCUT2D eigenvalue weighted by Gasteiger charge is 2.13. The van der Waals surface area contributed by atoms with Gasteiger partial charge in [0.2, 0.25) is 0 Å². The Morgan fingerprint density at radius 2 is 0.796 bits per heavy atom. The second kappa shape index (κ2) is 15.0. The van der Waals surface area contributed by atoms with E-state index in [0.29, 0.717) is 0 Å². The summed E-state index contributed by atoms with van der Waals surface area (Å²) in [7, 11) is 0. The molecule has 0 unspecified atom stereocenters. The minimum atomic E-state index is 1.00. The van der Waals surface area contributed by atoms with Gasteiger partial charge in [-0.15, -0.1) is 0 Å². The Balaban J connectivity index is 1.20. The van der Waals surface area contributed by atoms with Crippen LogP contribution in [-0.2, 0) is 0 Å². The van der Waals surface area contributed by atoms with Gasteiger partial charge in [-0.25, -0.2) is 5.01 Å². The first-order valence-electron chi connectivity index (χ1n) is 16.5. The fourth-order valence-corrected chi connectivity index (χ4v) is 5.85. The van der Waals surface area contributed by atoms with Crippen molar-refractivity contribution in [1.82, 2.24) is 0 Å². The summed E-state index contributed by atoms with van der Waals surface area (Å²) in [5.41, 5.74) is 12.2. The maximum atomic E-state index is 4.90. The van der Waals surface area contributed by atoms with E-state index >= 15 is 0 Å². The Labute approximate surface area is 289 Å². The molecule has 0 atom stereocenters. The van der Waals surface area contributed by atoms with Crippen LogP contribution in [-0.4, -0.2) is 6.21 Å². The minimum Gasteiger partial charge on any atom is -0.311 e. The first-order valence-corrected chi connectivity index (χ1v) is 16.5. The molecule has 49 heavy (non-hydrogen) atoms. The fourth-order valence-electron chi connectivity index (χ4n) is 5.85. The number of rotatable bonds is 10. The van der Waals surface area contributed by atoms with Crippen LogP contribution < -0.4 is 9.91 Å². The molecular weight excluding hydrogens is 595 g/mol. The Hall–Kier alpha value is -6.45. The van der Waals surface area contributed by atoms with Crippen LogP contribution in [0.2, 0.25) is 0 Å². The van der Waals surface area contributed by atoms with E-state index in [9.17, 15) is 0 Å². The van der Waals surface area contributed by atoms with Crippen LogP contribution in [0.3, 0.4) is 0 Å². The van der Waals surface area contributed by atoms with Crippen LogP contribution in [0.1, 0.15) is 27.8 Å². The second-order valence-electron chi connectivity index (χ2n) is 11.9. The molecule has 0 saturated heterocycles. The van der Waals surface area contributed by atoms with Crippen molar-refractivity contribution >= 4 is 46.3 Å². The number of anilines is 5. The maximum absolute atomic E-state index is 4.90. The molecule has 0 aromatic heterocycles. The van der Waals surface area contributed by atoms with Gasteiger partial charge in [-0.2, -0.15) is 5.10 Å². The lowest BCUT2D eigenvalue weighted by atomic mass is 9.95. The van der Waals surface area contributed by atoms with E-state index in [1.165, 1.54) is 22.3 Å². The first-order chi connectivity index (χ1) is 24.2. The van der Waals surface area contributed by atoms with E-state index < -0.39 is 0 Å². The highest BCUT2D eigenvalue weighted by molar-refractivity contribution is 5.92. The lowest BCUT2D eigenvalue weighted by Crippen LogP contribution is -2.10. The van der Waals surface area contributed by atoms with Gasteiger partial charge in [0.25, 0.3) is 0 Å². The zero-order chi connectivity index (χ0) is 33.3. The molecule has 7 aromatic rings. The molecule has 0 aliphatic rings. The van der Waals surface area contributed by atoms with E-state index in [2.05, 4.69) is 176 Å². The van der Waals surface area contributed by atoms with Crippen molar-refractivity contribution in [1.29, 1.82) is 0 Å². The van der Waals surface area contributed by atoms with Crippen molar-refractivity contribution in [2.24, 2.45) is 5.10 Å². The molecule has 7 rings (SSSR count). The third-order valence-corrected chi connectivity index (χ3v) is 8.40. The molecule has 0 spiro atoms. The second-order valence-corrected chi connectivity index (χ2v) is 11.9. The zero-order valence-corrected chi connectivity index (χ0v) is 27.5. The lowest BCUT2D eigenvalue weighted by Gasteiger charge is -2.26. The van der Waals surface area contributed by atoms with Gasteiger partial charge in [0.1, 0.15) is 0 Å². The molecule has 0 aliphatic carbocycles. The molecule has 0 heterocycles. The van der Waals surface area contributed by atoms with Gasteiger partial charge >= 0.3 is 0 Å². The van der Waals surface area contributed by atoms with Crippen molar-refractivity contribution < 1.29 is 0 Å². The van der Waals surface area contributed by atoms with Crippen molar-refractivity contribution in [2.45, 2.75) is 6.92 Å². The Bertz CT molecular complexity index is 2040. The summed E-state index contributed by atoms with van der Waals surface area (Å²) < 4.78 is 0. The van der Waals surface area contributed by atoms with E-state index in [1.807, 2.05) is 47.6 Å². The van der Waals surface area contributed by atoms with Crippen LogP contribution in [0.4, 0.5) is 28.4 Å². The molecule has 0 fully saturated rings. The highest BCUT2D eigenvalue weighted by Crippen LogP contribution is 2.36. The molecule has 3 heteroatoms. The lowest BCUT2D eigenvalue weighted by molar-refractivity contribution is 1.09. The number of nitrogens with zero attached hydrogens (tertiary/aromatic N) is 3. The van der Waals surface area contributed by atoms with Gasteiger partial charge in [0, 0.05) is 17.1 Å². The molecule has 0 radical (unpaired) electrons. The van der Waals surface area contributed by atoms with E-state index in [4.69, 9.17) is 5.10 Å². The predicted octanol–water partition coefficient (Wildman–Crippen LogP) is 12.2. The SMILES string of the molecule is Cc1ccc(N(c2ccc(C=C(c3ccccc3)c3ccccc3)cc2)c2ccc(/C=N/N(c3ccccc3)c3ccccc3)cc2)cc1. The van der Waals surface area contributed by atoms with Crippen LogP contribution in [0.5, 0.6) is 0 Å². The number of para-hydroxylation sites is 2. The number of benzene rings is 7. The van der Waals surface area contributed by atoms with E-state index in [-0.39, 0.29) is 0 Å². The first kappa shape index (κ1) is 31.2. The summed E-state index contributed by atoms with van der Waals surface area (Å²) in [4.78, 5) is 2.30. The molecule has 0 bridgehead atoms. The third kappa shape index (κ3) is 7.59. The van der Waals surface area contributed by atoms with Crippen molar-refractivity contribution in [3.63, 3.8) is 0 Å². The molecule has 0 amide bonds. The van der Waals surface area contributed by atoms with Crippen LogP contribution in [0, 0.1) is 6.92 Å². The topological polar surface area (TPSA) is 18.8 Å². The fraction of sp³-hybridized carbons (Fsp3) is 0.0217. The van der Waals surface area contributed by atoms with Crippen molar-refractivity contribution in [3.05, 3.63) is 222 Å². The van der Waals surface area contributed by atoms with E-state index in [1.54, 1.807) is 0 Å². The number of hydrogen-bond acceptors (Lipinski definition) is 3.